The van der Waals surface area contributed by atoms with Crippen molar-refractivity contribution < 1.29 is 18.6 Å². The van der Waals surface area contributed by atoms with Crippen LogP contribution in [0, 0.1) is 5.82 Å². The highest BCUT2D eigenvalue weighted by Crippen LogP contribution is 2.34. The number of hydrogen-bond donors (Lipinski definition) is 1. The second kappa shape index (κ2) is 9.30. The van der Waals surface area contributed by atoms with Crippen LogP contribution in [0.3, 0.4) is 0 Å². The normalized spacial score (nSPS) is 10.6. The molecular formula is C22H24FN3O4. The average molecular weight is 413 g/mol. The van der Waals surface area contributed by atoms with Crippen LogP contribution in [0.15, 0.2) is 47.4 Å². The Hall–Kier alpha value is -3.55. The standard InChI is InChI=1S/C22H24FN3O4/c1-5-15-10-18(28-2)19(29-3)11-17(15)24-22-25-21(27)20(30-4)13-26(22)12-14-6-8-16(23)9-7-14/h6-11,13H,5,12H2,1-4H3,(H,24,25,27). The first kappa shape index (κ1) is 21.2. The van der Waals surface area contributed by atoms with E-state index in [1.165, 1.54) is 19.2 Å². The summed E-state index contributed by atoms with van der Waals surface area (Å²) in [4.78, 5) is 16.5. The zero-order valence-electron chi connectivity index (χ0n) is 17.4. The molecule has 0 radical (unpaired) electrons. The Morgan fingerprint density at radius 2 is 1.63 bits per heavy atom. The summed E-state index contributed by atoms with van der Waals surface area (Å²) in [6.45, 7) is 2.38. The number of aryl methyl sites for hydroxylation is 1. The van der Waals surface area contributed by atoms with E-state index in [-0.39, 0.29) is 11.6 Å². The minimum Gasteiger partial charge on any atom is -0.493 e. The maximum atomic E-state index is 13.3. The van der Waals surface area contributed by atoms with Gasteiger partial charge in [0.15, 0.2) is 11.5 Å². The molecule has 3 aromatic rings. The average Bonchev–Trinajstić information content (AvgIpc) is 2.76. The van der Waals surface area contributed by atoms with Crippen molar-refractivity contribution in [2.45, 2.75) is 19.9 Å². The van der Waals surface area contributed by atoms with Gasteiger partial charge in [-0.1, -0.05) is 19.1 Å². The minimum absolute atomic E-state index is 0.116. The molecule has 0 atom stereocenters. The van der Waals surface area contributed by atoms with E-state index < -0.39 is 5.56 Å². The topological polar surface area (TPSA) is 74.6 Å². The monoisotopic (exact) mass is 413 g/mol. The lowest BCUT2D eigenvalue weighted by molar-refractivity contribution is 0.355. The molecule has 0 amide bonds. The van der Waals surface area contributed by atoms with Crippen LogP contribution in [0.25, 0.3) is 0 Å². The molecule has 0 aliphatic carbocycles. The maximum Gasteiger partial charge on any atom is 0.316 e. The van der Waals surface area contributed by atoms with Gasteiger partial charge in [0, 0.05) is 11.8 Å². The highest BCUT2D eigenvalue weighted by molar-refractivity contribution is 5.65. The molecule has 7 nitrogen and oxygen atoms in total. The first-order valence-corrected chi connectivity index (χ1v) is 9.40. The molecule has 0 spiro atoms. The third-order valence-electron chi connectivity index (χ3n) is 4.69. The van der Waals surface area contributed by atoms with Crippen molar-refractivity contribution in [1.82, 2.24) is 9.55 Å². The summed E-state index contributed by atoms with van der Waals surface area (Å²) in [5.74, 6) is 1.30. The predicted octanol–water partition coefficient (Wildman–Crippen LogP) is 3.76. The molecule has 1 aromatic heterocycles. The fourth-order valence-corrected chi connectivity index (χ4v) is 3.07. The molecule has 0 aliphatic heterocycles. The number of nitrogens with zero attached hydrogens (tertiary/aromatic N) is 2. The van der Waals surface area contributed by atoms with Crippen LogP contribution in [0.1, 0.15) is 18.1 Å². The number of benzene rings is 2. The maximum absolute atomic E-state index is 13.3. The first-order valence-electron chi connectivity index (χ1n) is 9.40. The lowest BCUT2D eigenvalue weighted by Crippen LogP contribution is -2.19. The molecule has 1 N–H and O–H groups in total. The molecule has 0 fully saturated rings. The molecule has 1 heterocycles. The Kier molecular flexibility index (Phi) is 6.56. The molecule has 0 saturated heterocycles. The number of nitrogens with one attached hydrogen (secondary N) is 1. The van der Waals surface area contributed by atoms with E-state index in [4.69, 9.17) is 14.2 Å². The third kappa shape index (κ3) is 4.53. The van der Waals surface area contributed by atoms with Crippen molar-refractivity contribution >= 4 is 11.6 Å². The summed E-state index contributed by atoms with van der Waals surface area (Å²) >= 11 is 0. The van der Waals surface area contributed by atoms with Gasteiger partial charge in [-0.25, -0.2) is 4.39 Å². The van der Waals surface area contributed by atoms with Crippen LogP contribution >= 0.6 is 0 Å². The van der Waals surface area contributed by atoms with Gasteiger partial charge in [-0.3, -0.25) is 4.79 Å². The van der Waals surface area contributed by atoms with Crippen LogP contribution < -0.4 is 25.1 Å². The molecule has 0 unspecified atom stereocenters. The minimum atomic E-state index is -0.492. The summed E-state index contributed by atoms with van der Waals surface area (Å²) in [5, 5.41) is 3.23. The fourth-order valence-electron chi connectivity index (χ4n) is 3.07. The summed E-state index contributed by atoms with van der Waals surface area (Å²) < 4.78 is 30.9. The molecule has 8 heteroatoms. The number of rotatable bonds is 8. The van der Waals surface area contributed by atoms with Gasteiger partial charge in [0.25, 0.3) is 0 Å². The Labute approximate surface area is 174 Å². The number of halogens is 1. The fraction of sp³-hybridized carbons (Fsp3) is 0.273. The van der Waals surface area contributed by atoms with Crippen molar-refractivity contribution in [2.75, 3.05) is 26.6 Å². The second-order valence-electron chi connectivity index (χ2n) is 6.54. The van der Waals surface area contributed by atoms with Crippen molar-refractivity contribution in [1.29, 1.82) is 0 Å². The summed E-state index contributed by atoms with van der Waals surface area (Å²) in [5.41, 5.74) is 2.05. The molecule has 3 rings (SSSR count). The number of ether oxygens (including phenoxy) is 3. The number of methoxy groups -OCH3 is 3. The van der Waals surface area contributed by atoms with E-state index in [0.29, 0.717) is 24.0 Å². The Balaban J connectivity index is 2.06. The number of anilines is 2. The highest BCUT2D eigenvalue weighted by atomic mass is 19.1. The van der Waals surface area contributed by atoms with E-state index in [0.717, 1.165) is 23.2 Å². The van der Waals surface area contributed by atoms with Gasteiger partial charge < -0.3 is 24.1 Å². The smallest absolute Gasteiger partial charge is 0.316 e. The lowest BCUT2D eigenvalue weighted by atomic mass is 10.1. The molecule has 30 heavy (non-hydrogen) atoms. The van der Waals surface area contributed by atoms with E-state index >= 15 is 0 Å². The van der Waals surface area contributed by atoms with E-state index in [1.54, 1.807) is 43.2 Å². The van der Waals surface area contributed by atoms with Gasteiger partial charge >= 0.3 is 5.56 Å². The Morgan fingerprint density at radius 1 is 1.00 bits per heavy atom. The third-order valence-corrected chi connectivity index (χ3v) is 4.69. The van der Waals surface area contributed by atoms with E-state index in [1.807, 2.05) is 13.0 Å². The first-order chi connectivity index (χ1) is 14.5. The van der Waals surface area contributed by atoms with Crippen LogP contribution in [0.4, 0.5) is 16.0 Å². The van der Waals surface area contributed by atoms with Gasteiger partial charge in [-0.15, -0.1) is 0 Å². The molecular weight excluding hydrogens is 389 g/mol. The van der Waals surface area contributed by atoms with Crippen molar-refractivity contribution in [3.63, 3.8) is 0 Å². The van der Waals surface area contributed by atoms with Crippen LogP contribution in [0.2, 0.25) is 0 Å². The van der Waals surface area contributed by atoms with Gasteiger partial charge in [0.05, 0.1) is 34.1 Å². The molecule has 0 bridgehead atoms. The van der Waals surface area contributed by atoms with Crippen molar-refractivity contribution in [3.05, 3.63) is 69.9 Å². The van der Waals surface area contributed by atoms with Gasteiger partial charge in [0.2, 0.25) is 11.7 Å². The van der Waals surface area contributed by atoms with Crippen LogP contribution in [-0.2, 0) is 13.0 Å². The number of hydrogen-bond acceptors (Lipinski definition) is 6. The quantitative estimate of drug-likeness (QED) is 0.606. The largest absolute Gasteiger partial charge is 0.493 e. The Morgan fingerprint density at radius 3 is 2.23 bits per heavy atom. The molecule has 158 valence electrons. The van der Waals surface area contributed by atoms with E-state index in [9.17, 15) is 9.18 Å². The Bertz CT molecular complexity index is 1080. The summed E-state index contributed by atoms with van der Waals surface area (Å²) in [6.07, 6.45) is 2.30. The van der Waals surface area contributed by atoms with Crippen molar-refractivity contribution in [3.8, 4) is 17.2 Å². The second-order valence-corrected chi connectivity index (χ2v) is 6.54. The molecule has 0 saturated carbocycles. The van der Waals surface area contributed by atoms with Gasteiger partial charge in [0.1, 0.15) is 5.82 Å². The zero-order valence-corrected chi connectivity index (χ0v) is 17.4. The highest BCUT2D eigenvalue weighted by Gasteiger charge is 2.14. The molecule has 0 aliphatic rings. The van der Waals surface area contributed by atoms with Gasteiger partial charge in [-0.2, -0.15) is 4.98 Å². The van der Waals surface area contributed by atoms with Gasteiger partial charge in [-0.05, 0) is 35.7 Å². The van der Waals surface area contributed by atoms with Crippen LogP contribution in [0.5, 0.6) is 17.2 Å². The van der Waals surface area contributed by atoms with Crippen molar-refractivity contribution in [2.24, 2.45) is 0 Å². The van der Waals surface area contributed by atoms with Crippen LogP contribution in [-0.4, -0.2) is 30.9 Å². The van der Waals surface area contributed by atoms with E-state index in [2.05, 4.69) is 10.3 Å². The summed E-state index contributed by atoms with van der Waals surface area (Å²) in [6, 6.07) is 9.82. The SMILES string of the molecule is CCc1cc(OC)c(OC)cc1Nc1nc(=O)c(OC)cn1Cc1ccc(F)cc1. The lowest BCUT2D eigenvalue weighted by Gasteiger charge is -2.18. The molecule has 2 aromatic carbocycles. The number of aromatic nitrogens is 2. The predicted molar refractivity (Wildman–Crippen MR) is 113 cm³/mol. The zero-order chi connectivity index (χ0) is 21.7. The summed E-state index contributed by atoms with van der Waals surface area (Å²) in [7, 11) is 4.55.